The summed E-state index contributed by atoms with van der Waals surface area (Å²) in [6, 6.07) is 14.5. The fraction of sp³-hybridized carbons (Fsp3) is 0.613. The largest absolute Gasteiger partial charge is 0.494 e. The van der Waals surface area contributed by atoms with Crippen molar-refractivity contribution in [1.82, 2.24) is 5.32 Å². The van der Waals surface area contributed by atoms with Crippen molar-refractivity contribution < 1.29 is 33.6 Å². The molecular formula is C31H45N3O8. The second-order valence-electron chi connectivity index (χ2n) is 10.9. The Kier molecular flexibility index (Phi) is 12.5. The molecule has 4 rings (SSSR count). The molecule has 0 aromatic heterocycles. The van der Waals surface area contributed by atoms with Crippen molar-refractivity contribution in [3.8, 4) is 11.5 Å². The van der Waals surface area contributed by atoms with Crippen molar-refractivity contribution in [2.75, 3.05) is 65.2 Å². The Morgan fingerprint density at radius 3 is 2.64 bits per heavy atom. The first kappa shape index (κ1) is 31.8. The molecule has 0 bridgehead atoms. The van der Waals surface area contributed by atoms with E-state index in [9.17, 15) is 10.1 Å². The van der Waals surface area contributed by atoms with Gasteiger partial charge in [0.1, 0.15) is 24.2 Å². The molecule has 2 aromatic rings. The summed E-state index contributed by atoms with van der Waals surface area (Å²) in [7, 11) is 3.41. The van der Waals surface area contributed by atoms with Gasteiger partial charge in [-0.1, -0.05) is 18.2 Å². The van der Waals surface area contributed by atoms with Crippen molar-refractivity contribution in [3.05, 3.63) is 63.7 Å². The van der Waals surface area contributed by atoms with Crippen LogP contribution in [0.3, 0.4) is 0 Å². The van der Waals surface area contributed by atoms with Gasteiger partial charge < -0.3 is 38.7 Å². The van der Waals surface area contributed by atoms with Crippen LogP contribution >= 0.6 is 0 Å². The Morgan fingerprint density at radius 2 is 1.88 bits per heavy atom. The summed E-state index contributed by atoms with van der Waals surface area (Å²) in [5, 5.41) is 13.7. The second kappa shape index (κ2) is 16.5. The van der Waals surface area contributed by atoms with Gasteiger partial charge in [0.2, 0.25) is 0 Å². The maximum absolute atomic E-state index is 10.8. The van der Waals surface area contributed by atoms with Gasteiger partial charge in [-0.3, -0.25) is 0 Å². The van der Waals surface area contributed by atoms with Gasteiger partial charge in [0.25, 0.3) is 5.09 Å². The van der Waals surface area contributed by atoms with Gasteiger partial charge in [0.15, 0.2) is 0 Å². The maximum atomic E-state index is 10.8. The van der Waals surface area contributed by atoms with Crippen LogP contribution in [0, 0.1) is 10.1 Å². The smallest absolute Gasteiger partial charge is 0.294 e. The highest BCUT2D eigenvalue weighted by atomic mass is 17.0. The summed E-state index contributed by atoms with van der Waals surface area (Å²) in [5.74, 6) is 1.82. The number of nitrogens with one attached hydrogen (secondary N) is 1. The number of fused-ring (bicyclic) bond motifs is 1. The third-order valence-electron chi connectivity index (χ3n) is 7.77. The molecule has 2 heterocycles. The first-order valence-electron chi connectivity index (χ1n) is 14.8. The van der Waals surface area contributed by atoms with Crippen LogP contribution in [0.2, 0.25) is 0 Å². The highest BCUT2D eigenvalue weighted by molar-refractivity contribution is 5.61. The monoisotopic (exact) mass is 587 g/mol. The molecule has 0 saturated carbocycles. The van der Waals surface area contributed by atoms with Crippen LogP contribution < -0.4 is 19.7 Å². The molecule has 1 fully saturated rings. The quantitative estimate of drug-likeness (QED) is 0.163. The van der Waals surface area contributed by atoms with Crippen molar-refractivity contribution >= 4 is 5.69 Å². The highest BCUT2D eigenvalue weighted by Crippen LogP contribution is 2.35. The van der Waals surface area contributed by atoms with Gasteiger partial charge in [-0.15, -0.1) is 10.1 Å². The second-order valence-corrected chi connectivity index (χ2v) is 10.9. The van der Waals surface area contributed by atoms with Crippen molar-refractivity contribution in [3.63, 3.8) is 0 Å². The fourth-order valence-electron chi connectivity index (χ4n) is 5.71. The Labute approximate surface area is 248 Å². The highest BCUT2D eigenvalue weighted by Gasteiger charge is 2.33. The number of nitrogens with zero attached hydrogens (tertiary/aromatic N) is 2. The summed E-state index contributed by atoms with van der Waals surface area (Å²) in [4.78, 5) is 18.0. The van der Waals surface area contributed by atoms with E-state index in [1.165, 1.54) is 0 Å². The number of rotatable bonds is 17. The Bertz CT molecular complexity index is 1100. The number of piperidine rings is 1. The van der Waals surface area contributed by atoms with Crippen molar-refractivity contribution in [2.45, 2.75) is 63.4 Å². The Morgan fingerprint density at radius 1 is 1.10 bits per heavy atom. The van der Waals surface area contributed by atoms with E-state index >= 15 is 0 Å². The number of anilines is 1. The zero-order valence-corrected chi connectivity index (χ0v) is 25.0. The SMILES string of the molecule is COCCCOc1ccc([C@H]2C[C@H](C[C@@H](C)O[N+](=O)[O-])NC[C@@H]2OCc2ccc3c(c2)N(CCCOC)CCO3)cc1. The summed E-state index contributed by atoms with van der Waals surface area (Å²) in [6.07, 6.45) is 2.52. The summed E-state index contributed by atoms with van der Waals surface area (Å²) in [6.45, 7) is 7.25. The van der Waals surface area contributed by atoms with Gasteiger partial charge in [0.05, 0.1) is 31.5 Å². The van der Waals surface area contributed by atoms with Crippen LogP contribution in [0.15, 0.2) is 42.5 Å². The maximum Gasteiger partial charge on any atom is 0.294 e. The fourth-order valence-corrected chi connectivity index (χ4v) is 5.71. The first-order valence-corrected chi connectivity index (χ1v) is 14.8. The molecule has 4 atom stereocenters. The zero-order chi connectivity index (χ0) is 29.7. The van der Waals surface area contributed by atoms with E-state index in [0.717, 1.165) is 67.3 Å². The minimum atomic E-state index is -0.718. The number of methoxy groups -OCH3 is 2. The lowest BCUT2D eigenvalue weighted by molar-refractivity contribution is -0.767. The van der Waals surface area contributed by atoms with Crippen LogP contribution in [-0.4, -0.2) is 83.6 Å². The molecule has 1 N–H and O–H groups in total. The molecule has 11 nitrogen and oxygen atoms in total. The van der Waals surface area contributed by atoms with Crippen LogP contribution in [0.5, 0.6) is 11.5 Å². The van der Waals surface area contributed by atoms with Crippen LogP contribution in [0.25, 0.3) is 0 Å². The molecule has 42 heavy (non-hydrogen) atoms. The number of ether oxygens (including phenoxy) is 5. The predicted octanol–water partition coefficient (Wildman–Crippen LogP) is 4.36. The van der Waals surface area contributed by atoms with Gasteiger partial charge in [-0.05, 0) is 61.6 Å². The average Bonchev–Trinajstić information content (AvgIpc) is 2.99. The molecule has 0 amide bonds. The van der Waals surface area contributed by atoms with Crippen molar-refractivity contribution in [1.29, 1.82) is 0 Å². The van der Waals surface area contributed by atoms with E-state index in [4.69, 9.17) is 28.5 Å². The zero-order valence-electron chi connectivity index (χ0n) is 25.0. The summed E-state index contributed by atoms with van der Waals surface area (Å²) < 4.78 is 28.7. The van der Waals surface area contributed by atoms with Gasteiger partial charge in [-0.2, -0.15) is 0 Å². The molecule has 232 valence electrons. The Balaban J connectivity index is 1.43. The van der Waals surface area contributed by atoms with E-state index in [0.29, 0.717) is 39.4 Å². The van der Waals surface area contributed by atoms with Gasteiger partial charge in [-0.25, -0.2) is 0 Å². The molecule has 11 heteroatoms. The molecule has 2 aliphatic rings. The number of hydrogen-bond acceptors (Lipinski definition) is 10. The molecule has 0 aliphatic carbocycles. The number of benzene rings is 2. The molecular weight excluding hydrogens is 542 g/mol. The first-order chi connectivity index (χ1) is 20.5. The number of hydrogen-bond donors (Lipinski definition) is 1. The Hall–Kier alpha value is -3.12. The van der Waals surface area contributed by atoms with Crippen LogP contribution in [0.1, 0.15) is 49.7 Å². The lowest BCUT2D eigenvalue weighted by Crippen LogP contribution is -2.48. The molecule has 0 radical (unpaired) electrons. The van der Waals surface area contributed by atoms with Gasteiger partial charge in [0, 0.05) is 58.9 Å². The average molecular weight is 588 g/mol. The van der Waals surface area contributed by atoms with E-state index in [2.05, 4.69) is 34.5 Å². The standard InChI is InChI=1S/C31H45N3O8/c1-23(42-34(35)36)18-26-20-28(25-7-9-27(10-8-25)39-16-5-15-38-3)31(21-32-26)41-22-24-6-11-30-29(19-24)33(13-17-40-30)12-4-14-37-2/h6-11,19,23,26,28,31-32H,4-5,12-18,20-22H2,1-3H3/t23-,26+,28-,31+/m1/s1. The van der Waals surface area contributed by atoms with E-state index in [1.807, 2.05) is 18.2 Å². The van der Waals surface area contributed by atoms with E-state index < -0.39 is 11.2 Å². The normalized spacial score (nSPS) is 20.8. The van der Waals surface area contributed by atoms with E-state index in [-0.39, 0.29) is 18.1 Å². The van der Waals surface area contributed by atoms with Crippen LogP contribution in [0.4, 0.5) is 5.69 Å². The van der Waals surface area contributed by atoms with E-state index in [1.54, 1.807) is 21.1 Å². The molecule has 2 aliphatic heterocycles. The molecule has 1 saturated heterocycles. The molecule has 2 aromatic carbocycles. The summed E-state index contributed by atoms with van der Waals surface area (Å²) in [5.41, 5.74) is 3.34. The topological polar surface area (TPSA) is 114 Å². The van der Waals surface area contributed by atoms with Crippen molar-refractivity contribution in [2.24, 2.45) is 0 Å². The van der Waals surface area contributed by atoms with Gasteiger partial charge >= 0.3 is 0 Å². The van der Waals surface area contributed by atoms with Crippen LogP contribution in [-0.2, 0) is 25.7 Å². The molecule has 0 unspecified atom stereocenters. The third-order valence-corrected chi connectivity index (χ3v) is 7.77. The minimum Gasteiger partial charge on any atom is -0.494 e. The lowest BCUT2D eigenvalue weighted by Gasteiger charge is -2.38. The predicted molar refractivity (Wildman–Crippen MR) is 159 cm³/mol. The lowest BCUT2D eigenvalue weighted by atomic mass is 9.82. The summed E-state index contributed by atoms with van der Waals surface area (Å²) >= 11 is 0. The molecule has 0 spiro atoms. The third kappa shape index (κ3) is 9.45. The minimum absolute atomic E-state index is 0.0660.